The number of methoxy groups -OCH3 is 2. The summed E-state index contributed by atoms with van der Waals surface area (Å²) < 4.78 is 10.6. The lowest BCUT2D eigenvalue weighted by Gasteiger charge is -2.35. The molecule has 1 amide bonds. The molecule has 0 aliphatic carbocycles. The van der Waals surface area contributed by atoms with E-state index in [4.69, 9.17) is 9.47 Å². The van der Waals surface area contributed by atoms with E-state index >= 15 is 0 Å². The monoisotopic (exact) mass is 390 g/mol. The summed E-state index contributed by atoms with van der Waals surface area (Å²) in [6.45, 7) is 4.04. The lowest BCUT2D eigenvalue weighted by Crippen LogP contribution is -2.48. The summed E-state index contributed by atoms with van der Waals surface area (Å²) >= 11 is 0. The quantitative estimate of drug-likeness (QED) is 0.664. The molecular weight excluding hydrogens is 364 g/mol. The minimum atomic E-state index is 0.0204. The van der Waals surface area contributed by atoms with Gasteiger partial charge in [0, 0.05) is 44.4 Å². The Hall–Kier alpha value is -3.05. The van der Waals surface area contributed by atoms with E-state index < -0.39 is 0 Å². The Morgan fingerprint density at radius 2 is 1.52 bits per heavy atom. The largest absolute Gasteiger partial charge is 0.497 e. The van der Waals surface area contributed by atoms with Gasteiger partial charge in [-0.3, -0.25) is 9.69 Å². The molecule has 4 rings (SSSR count). The molecule has 0 atom stereocenters. The van der Waals surface area contributed by atoms with Gasteiger partial charge in [-0.05, 0) is 28.5 Å². The summed E-state index contributed by atoms with van der Waals surface area (Å²) in [4.78, 5) is 17.3. The molecule has 0 aromatic heterocycles. The molecule has 5 heteroatoms. The molecule has 1 heterocycles. The van der Waals surface area contributed by atoms with E-state index in [1.54, 1.807) is 32.4 Å². The maximum absolute atomic E-state index is 13.0. The summed E-state index contributed by atoms with van der Waals surface area (Å²) in [5.41, 5.74) is 1.93. The van der Waals surface area contributed by atoms with Crippen molar-refractivity contribution in [2.75, 3.05) is 40.4 Å². The number of carbonyl (C=O) groups excluding carboxylic acids is 1. The fourth-order valence-electron chi connectivity index (χ4n) is 3.89. The van der Waals surface area contributed by atoms with Crippen LogP contribution >= 0.6 is 0 Å². The predicted molar refractivity (Wildman–Crippen MR) is 115 cm³/mol. The molecule has 0 spiro atoms. The Morgan fingerprint density at radius 3 is 2.21 bits per heavy atom. The topological polar surface area (TPSA) is 42.0 Å². The van der Waals surface area contributed by atoms with Gasteiger partial charge in [-0.15, -0.1) is 0 Å². The number of ether oxygens (including phenoxy) is 2. The molecule has 29 heavy (non-hydrogen) atoms. The molecule has 3 aromatic rings. The molecule has 150 valence electrons. The minimum Gasteiger partial charge on any atom is -0.497 e. The SMILES string of the molecule is COc1cc(OC)cc(C(=O)N2CCN(Cc3cccc4ccccc34)CC2)c1. The lowest BCUT2D eigenvalue weighted by molar-refractivity contribution is 0.0628. The first-order valence-corrected chi connectivity index (χ1v) is 9.89. The number of hydrogen-bond donors (Lipinski definition) is 0. The number of nitrogens with zero attached hydrogens (tertiary/aromatic N) is 2. The molecule has 1 aliphatic heterocycles. The third kappa shape index (κ3) is 4.20. The number of hydrogen-bond acceptors (Lipinski definition) is 4. The molecule has 3 aromatic carbocycles. The summed E-state index contributed by atoms with van der Waals surface area (Å²) in [6.07, 6.45) is 0. The summed E-state index contributed by atoms with van der Waals surface area (Å²) in [6, 6.07) is 20.3. The van der Waals surface area contributed by atoms with Crippen molar-refractivity contribution in [3.63, 3.8) is 0 Å². The molecule has 0 N–H and O–H groups in total. The van der Waals surface area contributed by atoms with Crippen molar-refractivity contribution in [3.05, 3.63) is 71.8 Å². The average Bonchev–Trinajstić information content (AvgIpc) is 2.79. The first kappa shape index (κ1) is 19.3. The molecule has 0 radical (unpaired) electrons. The normalized spacial score (nSPS) is 14.8. The highest BCUT2D eigenvalue weighted by molar-refractivity contribution is 5.95. The van der Waals surface area contributed by atoms with Gasteiger partial charge in [0.15, 0.2) is 0 Å². The summed E-state index contributed by atoms with van der Waals surface area (Å²) in [5.74, 6) is 1.27. The van der Waals surface area contributed by atoms with Gasteiger partial charge < -0.3 is 14.4 Å². The number of carbonyl (C=O) groups is 1. The van der Waals surface area contributed by atoms with E-state index in [2.05, 4.69) is 47.4 Å². The van der Waals surface area contributed by atoms with E-state index in [0.29, 0.717) is 30.2 Å². The Balaban J connectivity index is 1.42. The number of rotatable bonds is 5. The molecule has 0 bridgehead atoms. The van der Waals surface area contributed by atoms with Gasteiger partial charge in [-0.2, -0.15) is 0 Å². The lowest BCUT2D eigenvalue weighted by atomic mass is 10.0. The zero-order valence-corrected chi connectivity index (χ0v) is 16.9. The van der Waals surface area contributed by atoms with Gasteiger partial charge in [0.2, 0.25) is 0 Å². The number of piperazine rings is 1. The minimum absolute atomic E-state index is 0.0204. The standard InChI is InChI=1S/C24H26N2O3/c1-28-21-14-20(15-22(16-21)29-2)24(27)26-12-10-25(11-13-26)17-19-8-5-7-18-6-3-4-9-23(18)19/h3-9,14-16H,10-13,17H2,1-2H3. The highest BCUT2D eigenvalue weighted by atomic mass is 16.5. The Bertz CT molecular complexity index is 982. The summed E-state index contributed by atoms with van der Waals surface area (Å²) in [5, 5.41) is 2.57. The van der Waals surface area contributed by atoms with Crippen LogP contribution in [0, 0.1) is 0 Å². The smallest absolute Gasteiger partial charge is 0.254 e. The van der Waals surface area contributed by atoms with E-state index in [9.17, 15) is 4.79 Å². The van der Waals surface area contributed by atoms with Crippen LogP contribution in [0.15, 0.2) is 60.7 Å². The Kier molecular flexibility index (Phi) is 5.67. The molecule has 1 saturated heterocycles. The maximum atomic E-state index is 13.0. The second-order valence-electron chi connectivity index (χ2n) is 7.31. The highest BCUT2D eigenvalue weighted by Gasteiger charge is 2.23. The first-order valence-electron chi connectivity index (χ1n) is 9.89. The highest BCUT2D eigenvalue weighted by Crippen LogP contribution is 2.24. The van der Waals surface area contributed by atoms with Gasteiger partial charge in [-0.25, -0.2) is 0 Å². The Labute approximate surface area is 171 Å². The van der Waals surface area contributed by atoms with Crippen molar-refractivity contribution in [1.82, 2.24) is 9.80 Å². The van der Waals surface area contributed by atoms with Crippen LogP contribution in [0.5, 0.6) is 11.5 Å². The van der Waals surface area contributed by atoms with E-state index in [1.165, 1.54) is 16.3 Å². The average molecular weight is 390 g/mol. The maximum Gasteiger partial charge on any atom is 0.254 e. The van der Waals surface area contributed by atoms with Gasteiger partial charge in [-0.1, -0.05) is 42.5 Å². The zero-order valence-electron chi connectivity index (χ0n) is 16.9. The summed E-state index contributed by atoms with van der Waals surface area (Å²) in [7, 11) is 3.18. The van der Waals surface area contributed by atoms with Crippen LogP contribution in [-0.2, 0) is 6.54 Å². The van der Waals surface area contributed by atoms with Gasteiger partial charge in [0.05, 0.1) is 14.2 Å². The molecule has 1 aliphatic rings. The van der Waals surface area contributed by atoms with Crippen molar-refractivity contribution >= 4 is 16.7 Å². The van der Waals surface area contributed by atoms with Crippen LogP contribution in [0.3, 0.4) is 0 Å². The van der Waals surface area contributed by atoms with Crippen LogP contribution < -0.4 is 9.47 Å². The van der Waals surface area contributed by atoms with Crippen LogP contribution in [0.4, 0.5) is 0 Å². The third-order valence-corrected chi connectivity index (χ3v) is 5.53. The molecule has 1 fully saturated rings. The Morgan fingerprint density at radius 1 is 0.862 bits per heavy atom. The molecule has 0 saturated carbocycles. The van der Waals surface area contributed by atoms with Crippen LogP contribution in [-0.4, -0.2) is 56.1 Å². The fraction of sp³-hybridized carbons (Fsp3) is 0.292. The predicted octanol–water partition coefficient (Wildman–Crippen LogP) is 3.82. The van der Waals surface area contributed by atoms with Crippen LogP contribution in [0.1, 0.15) is 15.9 Å². The number of benzene rings is 3. The van der Waals surface area contributed by atoms with Gasteiger partial charge >= 0.3 is 0 Å². The molecule has 0 unspecified atom stereocenters. The van der Waals surface area contributed by atoms with Crippen molar-refractivity contribution < 1.29 is 14.3 Å². The zero-order chi connectivity index (χ0) is 20.2. The first-order chi connectivity index (χ1) is 14.2. The van der Waals surface area contributed by atoms with Crippen molar-refractivity contribution in [1.29, 1.82) is 0 Å². The number of amides is 1. The second kappa shape index (κ2) is 8.53. The molecule has 5 nitrogen and oxygen atoms in total. The molecular formula is C24H26N2O3. The fourth-order valence-corrected chi connectivity index (χ4v) is 3.89. The van der Waals surface area contributed by atoms with E-state index in [-0.39, 0.29) is 5.91 Å². The van der Waals surface area contributed by atoms with Gasteiger partial charge in [0.1, 0.15) is 11.5 Å². The van der Waals surface area contributed by atoms with Gasteiger partial charge in [0.25, 0.3) is 5.91 Å². The second-order valence-corrected chi connectivity index (χ2v) is 7.31. The number of fused-ring (bicyclic) bond motifs is 1. The van der Waals surface area contributed by atoms with Crippen molar-refractivity contribution in [2.45, 2.75) is 6.54 Å². The van der Waals surface area contributed by atoms with E-state index in [0.717, 1.165) is 19.6 Å². The van der Waals surface area contributed by atoms with E-state index in [1.807, 2.05) is 4.90 Å². The van der Waals surface area contributed by atoms with Crippen molar-refractivity contribution in [2.24, 2.45) is 0 Å². The third-order valence-electron chi connectivity index (χ3n) is 5.53. The van der Waals surface area contributed by atoms with Crippen molar-refractivity contribution in [3.8, 4) is 11.5 Å². The van der Waals surface area contributed by atoms with Crippen LogP contribution in [0.2, 0.25) is 0 Å². The van der Waals surface area contributed by atoms with Crippen LogP contribution in [0.25, 0.3) is 10.8 Å².